The monoisotopic (exact) mass is 250 g/mol. The first-order valence-corrected chi connectivity index (χ1v) is 5.37. The molecule has 6 nitrogen and oxygen atoms in total. The van der Waals surface area contributed by atoms with Crippen molar-refractivity contribution >= 4 is 17.7 Å². The molecule has 2 N–H and O–H groups in total. The lowest BCUT2D eigenvalue weighted by Crippen LogP contribution is -2.23. The second kappa shape index (κ2) is 5.39. The van der Waals surface area contributed by atoms with Crippen LogP contribution in [0, 0.1) is 6.92 Å². The van der Waals surface area contributed by atoms with E-state index in [0.717, 1.165) is 0 Å². The van der Waals surface area contributed by atoms with Gasteiger partial charge in [0, 0.05) is 6.20 Å². The van der Waals surface area contributed by atoms with E-state index in [9.17, 15) is 14.4 Å². The Morgan fingerprint density at radius 3 is 2.39 bits per heavy atom. The smallest absolute Gasteiger partial charge is 0.339 e. The lowest BCUT2D eigenvalue weighted by molar-refractivity contribution is 0.0519. The third-order valence-corrected chi connectivity index (χ3v) is 2.37. The van der Waals surface area contributed by atoms with E-state index in [1.165, 1.54) is 20.0 Å². The molecular formula is C12H14N2O4. The van der Waals surface area contributed by atoms with Crippen LogP contribution in [0.4, 0.5) is 0 Å². The zero-order chi connectivity index (χ0) is 13.9. The molecule has 0 spiro atoms. The van der Waals surface area contributed by atoms with Crippen LogP contribution >= 0.6 is 0 Å². The molecule has 6 heteroatoms. The summed E-state index contributed by atoms with van der Waals surface area (Å²) in [6.45, 7) is 4.58. The molecule has 0 aliphatic carbocycles. The number of amides is 1. The highest BCUT2D eigenvalue weighted by atomic mass is 16.5. The van der Waals surface area contributed by atoms with E-state index in [2.05, 4.69) is 4.98 Å². The summed E-state index contributed by atoms with van der Waals surface area (Å²) in [7, 11) is 0. The fourth-order valence-electron chi connectivity index (χ4n) is 1.59. The van der Waals surface area contributed by atoms with Crippen LogP contribution < -0.4 is 5.73 Å². The van der Waals surface area contributed by atoms with Gasteiger partial charge in [-0.25, -0.2) is 4.79 Å². The van der Waals surface area contributed by atoms with Crippen LogP contribution in [0.3, 0.4) is 0 Å². The maximum Gasteiger partial charge on any atom is 0.339 e. The first-order valence-electron chi connectivity index (χ1n) is 5.37. The Hall–Kier alpha value is -2.24. The van der Waals surface area contributed by atoms with Crippen molar-refractivity contribution in [2.75, 3.05) is 6.61 Å². The highest BCUT2D eigenvalue weighted by molar-refractivity contribution is 6.12. The lowest BCUT2D eigenvalue weighted by atomic mass is 9.99. The van der Waals surface area contributed by atoms with Crippen molar-refractivity contribution < 1.29 is 19.1 Å². The fraction of sp³-hybridized carbons (Fsp3) is 0.333. The van der Waals surface area contributed by atoms with Gasteiger partial charge in [-0.3, -0.25) is 14.6 Å². The molecule has 1 aromatic heterocycles. The fourth-order valence-corrected chi connectivity index (χ4v) is 1.59. The Morgan fingerprint density at radius 1 is 1.33 bits per heavy atom. The minimum absolute atomic E-state index is 0.0350. The van der Waals surface area contributed by atoms with E-state index in [1.54, 1.807) is 6.92 Å². The number of nitrogens with zero attached hydrogens (tertiary/aromatic N) is 1. The molecule has 0 saturated heterocycles. The number of aryl methyl sites for hydroxylation is 1. The molecule has 0 aliphatic heterocycles. The van der Waals surface area contributed by atoms with Crippen molar-refractivity contribution in [2.24, 2.45) is 5.73 Å². The number of Topliss-reactive ketones (excluding diaryl/α,β-unsaturated/α-hetero) is 1. The van der Waals surface area contributed by atoms with Crippen LogP contribution in [0.15, 0.2) is 6.20 Å². The molecule has 1 amide bonds. The van der Waals surface area contributed by atoms with Crippen LogP contribution in [0.25, 0.3) is 0 Å². The minimum atomic E-state index is -0.814. The van der Waals surface area contributed by atoms with Gasteiger partial charge in [0.05, 0.1) is 29.0 Å². The Balaban J connectivity index is 3.58. The van der Waals surface area contributed by atoms with Gasteiger partial charge in [-0.2, -0.15) is 0 Å². The first kappa shape index (κ1) is 13.8. The third-order valence-electron chi connectivity index (χ3n) is 2.37. The van der Waals surface area contributed by atoms with Crippen molar-refractivity contribution in [3.05, 3.63) is 28.6 Å². The van der Waals surface area contributed by atoms with Gasteiger partial charge in [-0.1, -0.05) is 0 Å². The molecule has 0 unspecified atom stereocenters. The SMILES string of the molecule is CCOC(=O)c1c(C(C)=O)cnc(C)c1C(N)=O. The van der Waals surface area contributed by atoms with Crippen LogP contribution in [0.5, 0.6) is 0 Å². The molecule has 96 valence electrons. The predicted molar refractivity (Wildman–Crippen MR) is 63.5 cm³/mol. The number of hydrogen-bond acceptors (Lipinski definition) is 5. The standard InChI is InChI=1S/C12H14N2O4/c1-4-18-12(17)10-8(7(3)15)5-14-6(2)9(10)11(13)16/h5H,4H2,1-3H3,(H2,13,16). The first-order chi connectivity index (χ1) is 8.40. The average Bonchev–Trinajstić information content (AvgIpc) is 2.27. The second-order valence-corrected chi connectivity index (χ2v) is 3.65. The van der Waals surface area contributed by atoms with Crippen molar-refractivity contribution in [2.45, 2.75) is 20.8 Å². The van der Waals surface area contributed by atoms with E-state index in [1.807, 2.05) is 0 Å². The Labute approximate surface area is 104 Å². The number of carbonyl (C=O) groups excluding carboxylic acids is 3. The molecule has 1 rings (SSSR count). The van der Waals surface area contributed by atoms with E-state index < -0.39 is 11.9 Å². The average molecular weight is 250 g/mol. The number of aromatic nitrogens is 1. The van der Waals surface area contributed by atoms with Crippen LogP contribution in [0.1, 0.15) is 50.6 Å². The van der Waals surface area contributed by atoms with E-state index >= 15 is 0 Å². The summed E-state index contributed by atoms with van der Waals surface area (Å²) in [6.07, 6.45) is 1.25. The lowest BCUT2D eigenvalue weighted by Gasteiger charge is -2.11. The zero-order valence-electron chi connectivity index (χ0n) is 10.4. The van der Waals surface area contributed by atoms with Gasteiger partial charge in [-0.05, 0) is 20.8 Å². The number of rotatable bonds is 4. The van der Waals surface area contributed by atoms with Crippen LogP contribution in [0.2, 0.25) is 0 Å². The highest BCUT2D eigenvalue weighted by Gasteiger charge is 2.25. The molecule has 0 bridgehead atoms. The van der Waals surface area contributed by atoms with E-state index in [-0.39, 0.29) is 34.8 Å². The summed E-state index contributed by atoms with van der Waals surface area (Å²) in [5.74, 6) is -1.94. The maximum absolute atomic E-state index is 11.8. The van der Waals surface area contributed by atoms with Crippen molar-refractivity contribution in [1.82, 2.24) is 4.98 Å². The third kappa shape index (κ3) is 2.53. The topological polar surface area (TPSA) is 99.3 Å². The number of primary amides is 1. The highest BCUT2D eigenvalue weighted by Crippen LogP contribution is 2.18. The number of carbonyl (C=O) groups is 3. The van der Waals surface area contributed by atoms with Crippen molar-refractivity contribution in [3.63, 3.8) is 0 Å². The Morgan fingerprint density at radius 2 is 1.94 bits per heavy atom. The maximum atomic E-state index is 11.8. The van der Waals surface area contributed by atoms with Crippen molar-refractivity contribution in [3.8, 4) is 0 Å². The number of pyridine rings is 1. The minimum Gasteiger partial charge on any atom is -0.462 e. The summed E-state index contributed by atoms with van der Waals surface area (Å²) in [6, 6.07) is 0. The summed E-state index contributed by atoms with van der Waals surface area (Å²) in [4.78, 5) is 38.6. The molecule has 1 aromatic rings. The number of nitrogens with two attached hydrogens (primary N) is 1. The molecular weight excluding hydrogens is 236 g/mol. The summed E-state index contributed by atoms with van der Waals surface area (Å²) in [5, 5.41) is 0. The van der Waals surface area contributed by atoms with E-state index in [4.69, 9.17) is 10.5 Å². The van der Waals surface area contributed by atoms with Crippen molar-refractivity contribution in [1.29, 1.82) is 0 Å². The van der Waals surface area contributed by atoms with Crippen LogP contribution in [-0.2, 0) is 4.74 Å². The molecule has 18 heavy (non-hydrogen) atoms. The predicted octanol–water partition coefficient (Wildman–Crippen LogP) is 0.868. The molecule has 0 aromatic carbocycles. The van der Waals surface area contributed by atoms with Gasteiger partial charge in [0.2, 0.25) is 0 Å². The normalized spacial score (nSPS) is 9.94. The quantitative estimate of drug-likeness (QED) is 0.631. The number of esters is 1. The van der Waals surface area contributed by atoms with E-state index in [0.29, 0.717) is 0 Å². The molecule has 0 aliphatic rings. The Kier molecular flexibility index (Phi) is 4.14. The van der Waals surface area contributed by atoms with Gasteiger partial charge in [-0.15, -0.1) is 0 Å². The summed E-state index contributed by atoms with van der Waals surface area (Å²) in [5.41, 5.74) is 5.37. The molecule has 0 saturated carbocycles. The molecule has 0 radical (unpaired) electrons. The van der Waals surface area contributed by atoms with Gasteiger partial charge >= 0.3 is 5.97 Å². The zero-order valence-corrected chi connectivity index (χ0v) is 10.4. The number of hydrogen-bond donors (Lipinski definition) is 1. The number of ketones is 1. The number of ether oxygens (including phenoxy) is 1. The largest absolute Gasteiger partial charge is 0.462 e. The summed E-state index contributed by atoms with van der Waals surface area (Å²) >= 11 is 0. The second-order valence-electron chi connectivity index (χ2n) is 3.65. The van der Waals surface area contributed by atoms with Gasteiger partial charge in [0.1, 0.15) is 0 Å². The molecule has 0 atom stereocenters. The van der Waals surface area contributed by atoms with Gasteiger partial charge < -0.3 is 10.5 Å². The summed E-state index contributed by atoms with van der Waals surface area (Å²) < 4.78 is 4.84. The van der Waals surface area contributed by atoms with Gasteiger partial charge in [0.15, 0.2) is 5.78 Å². The van der Waals surface area contributed by atoms with Crippen LogP contribution in [-0.4, -0.2) is 29.3 Å². The Bertz CT molecular complexity index is 523. The van der Waals surface area contributed by atoms with Gasteiger partial charge in [0.25, 0.3) is 5.91 Å². The molecule has 1 heterocycles. The molecule has 0 fully saturated rings.